The van der Waals surface area contributed by atoms with Crippen LogP contribution in [0.1, 0.15) is 5.56 Å². The molecule has 0 bridgehead atoms. The summed E-state index contributed by atoms with van der Waals surface area (Å²) in [4.78, 5) is 11.5. The molecule has 1 aromatic heterocycles. The Morgan fingerprint density at radius 3 is 2.24 bits per heavy atom. The molecule has 0 aliphatic carbocycles. The average Bonchev–Trinajstić information content (AvgIpc) is 2.56. The van der Waals surface area contributed by atoms with E-state index in [9.17, 15) is 13.2 Å². The van der Waals surface area contributed by atoms with E-state index in [1.807, 2.05) is 12.1 Å². The molecule has 2 aromatic carbocycles. The maximum atomic E-state index is 11.8. The first-order valence-electron chi connectivity index (χ1n) is 6.94. The van der Waals surface area contributed by atoms with E-state index in [-0.39, 0.29) is 5.95 Å². The lowest BCUT2D eigenvalue weighted by Crippen LogP contribution is -2.03. The standard InChI is InChI=1S/C9H8ClN5.C7H5F3/c10-6-2-1-3-7(4-6)14-9-13-5-12-8(11)15-9;8-7(9,10)6-4-2-1-3-5-6/h1-5H,(H3,11,12,13,14,15);1-5H. The molecule has 3 N–H and O–H groups in total. The molecule has 0 radical (unpaired) electrons. The molecule has 1 heterocycles. The monoisotopic (exact) mass is 367 g/mol. The number of alkyl halides is 3. The van der Waals surface area contributed by atoms with Gasteiger partial charge in [0.15, 0.2) is 0 Å². The largest absolute Gasteiger partial charge is 0.416 e. The second kappa shape index (κ2) is 8.29. The fourth-order valence-corrected chi connectivity index (χ4v) is 1.88. The highest BCUT2D eigenvalue weighted by Gasteiger charge is 2.29. The number of halogens is 4. The van der Waals surface area contributed by atoms with Crippen molar-refractivity contribution in [1.82, 2.24) is 15.0 Å². The van der Waals surface area contributed by atoms with E-state index in [1.54, 1.807) is 18.2 Å². The molecule has 0 saturated carbocycles. The van der Waals surface area contributed by atoms with E-state index >= 15 is 0 Å². The van der Waals surface area contributed by atoms with Gasteiger partial charge in [0.05, 0.1) is 5.56 Å². The van der Waals surface area contributed by atoms with Crippen LogP contribution in [0.5, 0.6) is 0 Å². The number of nitrogen functional groups attached to an aromatic ring is 1. The molecule has 0 unspecified atom stereocenters. The van der Waals surface area contributed by atoms with E-state index in [0.29, 0.717) is 11.0 Å². The Morgan fingerprint density at radius 2 is 1.68 bits per heavy atom. The Morgan fingerprint density at radius 1 is 0.960 bits per heavy atom. The minimum Gasteiger partial charge on any atom is -0.368 e. The van der Waals surface area contributed by atoms with Crippen molar-refractivity contribution in [3.63, 3.8) is 0 Å². The molecule has 0 atom stereocenters. The van der Waals surface area contributed by atoms with Crippen LogP contribution in [-0.4, -0.2) is 15.0 Å². The summed E-state index contributed by atoms with van der Waals surface area (Å²) in [5, 5.41) is 3.60. The Kier molecular flexibility index (Phi) is 6.13. The number of anilines is 3. The second-order valence-electron chi connectivity index (χ2n) is 4.67. The van der Waals surface area contributed by atoms with Crippen LogP contribution in [-0.2, 0) is 6.18 Å². The third-order valence-electron chi connectivity index (χ3n) is 2.77. The first-order chi connectivity index (χ1) is 11.8. The van der Waals surface area contributed by atoms with Gasteiger partial charge >= 0.3 is 6.18 Å². The van der Waals surface area contributed by atoms with E-state index in [1.165, 1.54) is 18.5 Å². The van der Waals surface area contributed by atoms with Gasteiger partial charge in [-0.3, -0.25) is 0 Å². The molecule has 0 aliphatic heterocycles. The van der Waals surface area contributed by atoms with Crippen molar-refractivity contribution in [2.45, 2.75) is 6.18 Å². The van der Waals surface area contributed by atoms with Gasteiger partial charge in [-0.25, -0.2) is 9.97 Å². The number of hydrogen-bond acceptors (Lipinski definition) is 5. The average molecular weight is 368 g/mol. The Hall–Kier alpha value is -2.87. The highest BCUT2D eigenvalue weighted by atomic mass is 35.5. The third kappa shape index (κ3) is 6.27. The summed E-state index contributed by atoms with van der Waals surface area (Å²) in [5.41, 5.74) is 5.61. The lowest BCUT2D eigenvalue weighted by Gasteiger charge is -2.04. The maximum Gasteiger partial charge on any atom is 0.416 e. The van der Waals surface area contributed by atoms with Crippen LogP contribution in [0.2, 0.25) is 5.02 Å². The van der Waals surface area contributed by atoms with Gasteiger partial charge in [0.2, 0.25) is 11.9 Å². The van der Waals surface area contributed by atoms with Crippen molar-refractivity contribution in [2.75, 3.05) is 11.1 Å². The van der Waals surface area contributed by atoms with Crippen molar-refractivity contribution in [3.05, 3.63) is 71.5 Å². The fraction of sp³-hybridized carbons (Fsp3) is 0.0625. The number of hydrogen-bond donors (Lipinski definition) is 2. The molecule has 3 rings (SSSR count). The topological polar surface area (TPSA) is 76.7 Å². The van der Waals surface area contributed by atoms with E-state index in [0.717, 1.165) is 17.8 Å². The summed E-state index contributed by atoms with van der Waals surface area (Å²) in [6, 6.07) is 13.6. The molecule has 0 aliphatic rings. The number of aromatic nitrogens is 3. The fourth-order valence-electron chi connectivity index (χ4n) is 1.69. The highest BCUT2D eigenvalue weighted by Crippen LogP contribution is 2.28. The van der Waals surface area contributed by atoms with Crippen LogP contribution >= 0.6 is 11.6 Å². The quantitative estimate of drug-likeness (QED) is 0.694. The molecule has 0 amide bonds. The Labute approximate surface area is 146 Å². The maximum absolute atomic E-state index is 11.8. The molecule has 0 spiro atoms. The molecular formula is C16H13ClF3N5. The van der Waals surface area contributed by atoms with Crippen LogP contribution in [0.4, 0.5) is 30.8 Å². The first kappa shape index (κ1) is 18.5. The van der Waals surface area contributed by atoms with Gasteiger partial charge in [0.25, 0.3) is 0 Å². The Balaban J connectivity index is 0.000000196. The molecule has 3 aromatic rings. The zero-order chi connectivity index (χ0) is 18.3. The molecular weight excluding hydrogens is 355 g/mol. The smallest absolute Gasteiger partial charge is 0.368 e. The van der Waals surface area contributed by atoms with Crippen molar-refractivity contribution in [2.24, 2.45) is 0 Å². The van der Waals surface area contributed by atoms with E-state index in [2.05, 4.69) is 20.3 Å². The molecule has 0 fully saturated rings. The minimum atomic E-state index is -4.21. The number of rotatable bonds is 2. The first-order valence-corrected chi connectivity index (χ1v) is 7.32. The lowest BCUT2D eigenvalue weighted by molar-refractivity contribution is -0.137. The van der Waals surface area contributed by atoms with Crippen LogP contribution in [0.3, 0.4) is 0 Å². The van der Waals surface area contributed by atoms with Gasteiger partial charge in [0, 0.05) is 10.7 Å². The normalized spacial score (nSPS) is 10.6. The summed E-state index contributed by atoms with van der Waals surface area (Å²) < 4.78 is 35.4. The minimum absolute atomic E-state index is 0.175. The molecule has 0 saturated heterocycles. The summed E-state index contributed by atoms with van der Waals surface area (Å²) in [5.74, 6) is 0.569. The number of nitrogens with one attached hydrogen (secondary N) is 1. The highest BCUT2D eigenvalue weighted by molar-refractivity contribution is 6.30. The molecule has 130 valence electrons. The SMILES string of the molecule is FC(F)(F)c1ccccc1.Nc1ncnc(Nc2cccc(Cl)c2)n1. The molecule has 25 heavy (non-hydrogen) atoms. The van der Waals surface area contributed by atoms with Gasteiger partial charge in [-0.2, -0.15) is 18.2 Å². The number of nitrogens with zero attached hydrogens (tertiary/aromatic N) is 3. The van der Waals surface area contributed by atoms with Crippen molar-refractivity contribution in [1.29, 1.82) is 0 Å². The van der Waals surface area contributed by atoms with E-state index in [4.69, 9.17) is 17.3 Å². The van der Waals surface area contributed by atoms with Crippen molar-refractivity contribution < 1.29 is 13.2 Å². The summed E-state index contributed by atoms with van der Waals surface area (Å²) >= 11 is 5.82. The van der Waals surface area contributed by atoms with Crippen LogP contribution in [0.25, 0.3) is 0 Å². The van der Waals surface area contributed by atoms with Gasteiger partial charge in [-0.1, -0.05) is 48.0 Å². The number of nitrogens with two attached hydrogens (primary N) is 1. The predicted octanol–water partition coefficient (Wildman–Crippen LogP) is 4.56. The zero-order valence-electron chi connectivity index (χ0n) is 12.7. The van der Waals surface area contributed by atoms with E-state index < -0.39 is 11.7 Å². The zero-order valence-corrected chi connectivity index (χ0v) is 13.5. The van der Waals surface area contributed by atoms with Gasteiger partial charge in [0.1, 0.15) is 6.33 Å². The lowest BCUT2D eigenvalue weighted by atomic mass is 10.2. The van der Waals surface area contributed by atoms with Crippen LogP contribution in [0, 0.1) is 0 Å². The molecule has 5 nitrogen and oxygen atoms in total. The second-order valence-corrected chi connectivity index (χ2v) is 5.10. The van der Waals surface area contributed by atoms with Gasteiger partial charge < -0.3 is 11.1 Å². The summed E-state index contributed by atoms with van der Waals surface area (Å²) in [6.07, 6.45) is -2.86. The Bertz CT molecular complexity index is 769. The van der Waals surface area contributed by atoms with Crippen LogP contribution in [0.15, 0.2) is 60.9 Å². The van der Waals surface area contributed by atoms with Crippen LogP contribution < -0.4 is 11.1 Å². The summed E-state index contributed by atoms with van der Waals surface area (Å²) in [7, 11) is 0. The van der Waals surface area contributed by atoms with Crippen molar-refractivity contribution in [3.8, 4) is 0 Å². The van der Waals surface area contributed by atoms with Gasteiger partial charge in [-0.15, -0.1) is 0 Å². The molecule has 9 heteroatoms. The predicted molar refractivity (Wildman–Crippen MR) is 90.4 cm³/mol. The number of benzene rings is 2. The summed E-state index contributed by atoms with van der Waals surface area (Å²) in [6.45, 7) is 0. The third-order valence-corrected chi connectivity index (χ3v) is 3.01. The van der Waals surface area contributed by atoms with Crippen molar-refractivity contribution >= 4 is 29.2 Å². The van der Waals surface area contributed by atoms with Gasteiger partial charge in [-0.05, 0) is 18.2 Å².